The van der Waals surface area contributed by atoms with Gasteiger partial charge in [-0.25, -0.2) is 8.42 Å². The Morgan fingerprint density at radius 2 is 1.95 bits per heavy atom. The number of ether oxygens (including phenoxy) is 2. The molecule has 10 nitrogen and oxygen atoms in total. The summed E-state index contributed by atoms with van der Waals surface area (Å²) in [7, 11) is -2.21. The SMILES string of the molecule is C[C@H]1CCCCO[C@@H](CN(C)C(=O)CCC(F)(F)F)[C@@H](C)CN([C@@H](C)CO)C(=O)c2cc(NS(C)(=O)=O)ccc2O1. The summed E-state index contributed by atoms with van der Waals surface area (Å²) < 4.78 is 76.2. The molecule has 0 unspecified atom stereocenters. The summed E-state index contributed by atoms with van der Waals surface area (Å²) in [5.41, 5.74) is 0.272. The second-order valence-corrected chi connectivity index (χ2v) is 12.5. The summed E-state index contributed by atoms with van der Waals surface area (Å²) in [5, 5.41) is 9.98. The monoisotopic (exact) mass is 609 g/mol. The predicted octanol–water partition coefficient (Wildman–Crippen LogP) is 3.65. The molecule has 41 heavy (non-hydrogen) atoms. The van der Waals surface area contributed by atoms with Gasteiger partial charge in [0.25, 0.3) is 5.91 Å². The van der Waals surface area contributed by atoms with E-state index in [-0.39, 0.29) is 42.8 Å². The number of sulfonamides is 1. The number of anilines is 1. The van der Waals surface area contributed by atoms with Crippen molar-refractivity contribution in [3.8, 4) is 5.75 Å². The molecule has 0 saturated carbocycles. The van der Waals surface area contributed by atoms with E-state index in [4.69, 9.17) is 9.47 Å². The highest BCUT2D eigenvalue weighted by atomic mass is 32.2. The Balaban J connectivity index is 2.42. The molecule has 0 spiro atoms. The second kappa shape index (κ2) is 15.1. The lowest BCUT2D eigenvalue weighted by atomic mass is 10.0. The van der Waals surface area contributed by atoms with Crippen molar-refractivity contribution in [1.29, 1.82) is 0 Å². The fourth-order valence-electron chi connectivity index (χ4n) is 4.47. The molecule has 0 saturated heterocycles. The van der Waals surface area contributed by atoms with Gasteiger partial charge in [0, 0.05) is 44.8 Å². The van der Waals surface area contributed by atoms with E-state index >= 15 is 0 Å². The van der Waals surface area contributed by atoms with Crippen LogP contribution in [0.5, 0.6) is 5.75 Å². The van der Waals surface area contributed by atoms with E-state index in [9.17, 15) is 36.3 Å². The summed E-state index contributed by atoms with van der Waals surface area (Å²) in [4.78, 5) is 29.0. The summed E-state index contributed by atoms with van der Waals surface area (Å²) in [6.07, 6.45) is -4.20. The molecule has 0 aromatic heterocycles. The van der Waals surface area contributed by atoms with Gasteiger partial charge in [0.15, 0.2) is 0 Å². The third kappa shape index (κ3) is 11.7. The maximum absolute atomic E-state index is 13.9. The van der Waals surface area contributed by atoms with E-state index in [1.807, 2.05) is 6.92 Å². The number of aliphatic hydroxyl groups is 1. The van der Waals surface area contributed by atoms with E-state index in [0.29, 0.717) is 19.4 Å². The van der Waals surface area contributed by atoms with Crippen LogP contribution in [0.4, 0.5) is 18.9 Å². The number of halogens is 3. The number of nitrogens with one attached hydrogen (secondary N) is 1. The second-order valence-electron chi connectivity index (χ2n) is 10.8. The quantitative estimate of drug-likeness (QED) is 0.461. The predicted molar refractivity (Wildman–Crippen MR) is 148 cm³/mol. The Hall–Kier alpha value is -2.58. The van der Waals surface area contributed by atoms with Gasteiger partial charge in [-0.1, -0.05) is 6.92 Å². The van der Waals surface area contributed by atoms with Crippen LogP contribution in [0, 0.1) is 5.92 Å². The van der Waals surface area contributed by atoms with Crippen LogP contribution in [0.15, 0.2) is 18.2 Å². The zero-order valence-electron chi connectivity index (χ0n) is 24.2. The standard InChI is InChI=1S/C27H42F3N3O7S/c1-18-15-33(19(2)17-34)26(36)22-14-21(31-41(5,37)38)9-10-23(22)40-20(3)8-6-7-13-39-24(18)16-32(4)25(35)11-12-27(28,29)30/h9-10,14,18-20,24,31,34H,6-8,11-13,15-17H2,1-5H3/t18-,19-,20-,24-/m0/s1. The first-order valence-electron chi connectivity index (χ1n) is 13.6. The summed E-state index contributed by atoms with van der Waals surface area (Å²) >= 11 is 0. The van der Waals surface area contributed by atoms with Gasteiger partial charge in [0.1, 0.15) is 5.75 Å². The Morgan fingerprint density at radius 1 is 1.27 bits per heavy atom. The first-order valence-corrected chi connectivity index (χ1v) is 15.5. The van der Waals surface area contributed by atoms with E-state index in [0.717, 1.165) is 12.7 Å². The maximum Gasteiger partial charge on any atom is 0.389 e. The van der Waals surface area contributed by atoms with Crippen LogP contribution in [0.25, 0.3) is 0 Å². The van der Waals surface area contributed by atoms with Gasteiger partial charge >= 0.3 is 6.18 Å². The van der Waals surface area contributed by atoms with E-state index in [1.54, 1.807) is 13.8 Å². The molecule has 0 radical (unpaired) electrons. The zero-order chi connectivity index (χ0) is 31.0. The third-order valence-corrected chi connectivity index (χ3v) is 7.46. The van der Waals surface area contributed by atoms with E-state index in [2.05, 4.69) is 4.72 Å². The number of benzene rings is 1. The number of rotatable bonds is 8. The van der Waals surface area contributed by atoms with Gasteiger partial charge in [-0.05, 0) is 51.3 Å². The van der Waals surface area contributed by atoms with Crippen LogP contribution in [0.1, 0.15) is 63.2 Å². The van der Waals surface area contributed by atoms with Crippen LogP contribution in [-0.2, 0) is 19.6 Å². The molecular weight excluding hydrogens is 567 g/mol. The molecule has 1 aromatic carbocycles. The average molecular weight is 610 g/mol. The molecule has 2 rings (SSSR count). The molecule has 2 amide bonds. The molecule has 4 atom stereocenters. The number of likely N-dealkylation sites (N-methyl/N-ethyl adjacent to an activating group) is 1. The minimum absolute atomic E-state index is 0.0198. The molecule has 2 N–H and O–H groups in total. The number of carbonyl (C=O) groups excluding carboxylic acids is 2. The van der Waals surface area contributed by atoms with Crippen LogP contribution >= 0.6 is 0 Å². The van der Waals surface area contributed by atoms with Gasteiger partial charge in [0.05, 0.1) is 43.1 Å². The van der Waals surface area contributed by atoms with Gasteiger partial charge in [-0.2, -0.15) is 13.2 Å². The molecule has 1 aliphatic heterocycles. The minimum atomic E-state index is -4.44. The Labute approximate surface area is 240 Å². The maximum atomic E-state index is 13.9. The van der Waals surface area contributed by atoms with E-state index in [1.165, 1.54) is 35.0 Å². The van der Waals surface area contributed by atoms with E-state index < -0.39 is 58.9 Å². The molecule has 1 aromatic rings. The van der Waals surface area contributed by atoms with Crippen LogP contribution in [-0.4, -0.2) is 99.2 Å². The molecular formula is C27H42F3N3O7S. The van der Waals surface area contributed by atoms with Crippen molar-refractivity contribution in [3.63, 3.8) is 0 Å². The molecule has 0 bridgehead atoms. The topological polar surface area (TPSA) is 125 Å². The van der Waals surface area contributed by atoms with Gasteiger partial charge in [0.2, 0.25) is 15.9 Å². The lowest BCUT2D eigenvalue weighted by molar-refractivity contribution is -0.149. The fraction of sp³-hybridized carbons (Fsp3) is 0.704. The first-order chi connectivity index (χ1) is 19.0. The third-order valence-electron chi connectivity index (χ3n) is 6.86. The number of aliphatic hydroxyl groups excluding tert-OH is 1. The highest BCUT2D eigenvalue weighted by molar-refractivity contribution is 7.92. The lowest BCUT2D eigenvalue weighted by Crippen LogP contribution is -2.48. The van der Waals surface area contributed by atoms with Crippen LogP contribution in [0.2, 0.25) is 0 Å². The normalized spacial score (nSPS) is 22.2. The van der Waals surface area contributed by atoms with Crippen LogP contribution < -0.4 is 9.46 Å². The molecule has 1 heterocycles. The van der Waals surface area contributed by atoms with Crippen molar-refractivity contribution in [2.24, 2.45) is 5.92 Å². The smallest absolute Gasteiger partial charge is 0.389 e. The average Bonchev–Trinajstić information content (AvgIpc) is 2.87. The Morgan fingerprint density at radius 3 is 2.56 bits per heavy atom. The van der Waals surface area contributed by atoms with Crippen molar-refractivity contribution in [2.45, 2.75) is 77.3 Å². The van der Waals surface area contributed by atoms with Gasteiger partial charge in [-0.3, -0.25) is 14.3 Å². The number of fused-ring (bicyclic) bond motifs is 1. The number of carbonyl (C=O) groups is 2. The van der Waals surface area contributed by atoms with Crippen molar-refractivity contribution >= 4 is 27.5 Å². The van der Waals surface area contributed by atoms with Crippen molar-refractivity contribution in [2.75, 3.05) is 44.3 Å². The Kier molecular flexibility index (Phi) is 12.7. The largest absolute Gasteiger partial charge is 0.490 e. The lowest BCUT2D eigenvalue weighted by Gasteiger charge is -2.36. The number of hydrogen-bond acceptors (Lipinski definition) is 7. The van der Waals surface area contributed by atoms with Crippen LogP contribution in [0.3, 0.4) is 0 Å². The Bertz CT molecular complexity index is 1130. The van der Waals surface area contributed by atoms with Crippen molar-refractivity contribution in [3.05, 3.63) is 23.8 Å². The number of alkyl halides is 3. The molecule has 0 aliphatic carbocycles. The number of amides is 2. The zero-order valence-corrected chi connectivity index (χ0v) is 25.1. The highest BCUT2D eigenvalue weighted by Crippen LogP contribution is 2.29. The number of hydrogen-bond donors (Lipinski definition) is 2. The fourth-order valence-corrected chi connectivity index (χ4v) is 5.03. The minimum Gasteiger partial charge on any atom is -0.490 e. The first kappa shape index (κ1) is 34.6. The molecule has 0 fully saturated rings. The van der Waals surface area contributed by atoms with Crippen molar-refractivity contribution in [1.82, 2.24) is 9.80 Å². The number of nitrogens with zero attached hydrogens (tertiary/aromatic N) is 2. The van der Waals surface area contributed by atoms with Crippen molar-refractivity contribution < 1.29 is 45.8 Å². The molecule has 1 aliphatic rings. The molecule has 14 heteroatoms. The summed E-state index contributed by atoms with van der Waals surface area (Å²) in [6.45, 7) is 5.37. The highest BCUT2D eigenvalue weighted by Gasteiger charge is 2.32. The summed E-state index contributed by atoms with van der Waals surface area (Å²) in [5.74, 6) is -1.30. The van der Waals surface area contributed by atoms with Gasteiger partial charge < -0.3 is 24.4 Å². The molecule has 234 valence electrons. The summed E-state index contributed by atoms with van der Waals surface area (Å²) in [6, 6.07) is 3.77. The van der Waals surface area contributed by atoms with Gasteiger partial charge in [-0.15, -0.1) is 0 Å².